The standard InChI is InChI=1S/C33H32Cl2N6O3/c1-38(33(44)37-17-22-11-14-27(34)28(35)15-22)40-20-31(42)41-29(16-21-9-12-25(36)13-10-21)32(43)39(19-30(40)41)18-24-7-4-6-23-5-2-3-8-26(23)24/h2-15,29-30H,16-20,36H2,1H3,(H,37,44)/t29-,30+/m0/s1. The molecule has 0 aromatic heterocycles. The van der Waals surface area contributed by atoms with Crippen molar-refractivity contribution in [3.63, 3.8) is 0 Å². The van der Waals surface area contributed by atoms with Crippen LogP contribution in [0.25, 0.3) is 10.8 Å². The van der Waals surface area contributed by atoms with Gasteiger partial charge in [-0.3, -0.25) is 14.6 Å². The number of carbonyl (C=O) groups is 3. The van der Waals surface area contributed by atoms with Crippen molar-refractivity contribution >= 4 is 57.5 Å². The minimum Gasteiger partial charge on any atom is -0.399 e. The molecule has 44 heavy (non-hydrogen) atoms. The second-order valence-electron chi connectivity index (χ2n) is 11.1. The van der Waals surface area contributed by atoms with Gasteiger partial charge in [0.1, 0.15) is 12.2 Å². The zero-order valence-corrected chi connectivity index (χ0v) is 25.6. The van der Waals surface area contributed by atoms with E-state index < -0.39 is 18.2 Å². The second kappa shape index (κ2) is 12.4. The number of piperazine rings is 1. The number of hydrogen-bond donors (Lipinski definition) is 2. The van der Waals surface area contributed by atoms with Gasteiger partial charge in [-0.1, -0.05) is 83.9 Å². The number of nitrogens with one attached hydrogen (secondary N) is 1. The summed E-state index contributed by atoms with van der Waals surface area (Å²) in [6.45, 7) is 0.811. The Morgan fingerprint density at radius 2 is 1.68 bits per heavy atom. The Kier molecular flexibility index (Phi) is 8.35. The number of hydrogen-bond acceptors (Lipinski definition) is 5. The molecule has 0 saturated carbocycles. The van der Waals surface area contributed by atoms with Crippen LogP contribution in [-0.2, 0) is 29.1 Å². The molecular weight excluding hydrogens is 599 g/mol. The van der Waals surface area contributed by atoms with Gasteiger partial charge in [-0.25, -0.2) is 4.79 Å². The Morgan fingerprint density at radius 3 is 2.45 bits per heavy atom. The van der Waals surface area contributed by atoms with Crippen LogP contribution < -0.4 is 11.1 Å². The van der Waals surface area contributed by atoms with E-state index in [9.17, 15) is 14.4 Å². The van der Waals surface area contributed by atoms with E-state index in [-0.39, 0.29) is 31.4 Å². The monoisotopic (exact) mass is 630 g/mol. The van der Waals surface area contributed by atoms with Crippen molar-refractivity contribution < 1.29 is 14.4 Å². The van der Waals surface area contributed by atoms with Crippen LogP contribution in [0.5, 0.6) is 0 Å². The lowest BCUT2D eigenvalue weighted by molar-refractivity contribution is -0.157. The van der Waals surface area contributed by atoms with Gasteiger partial charge in [0.05, 0.1) is 23.1 Å². The molecule has 2 aliphatic rings. The number of anilines is 1. The number of urea groups is 1. The van der Waals surface area contributed by atoms with Gasteiger partial charge in [0.15, 0.2) is 0 Å². The van der Waals surface area contributed by atoms with Gasteiger partial charge in [-0.05, 0) is 51.7 Å². The van der Waals surface area contributed by atoms with E-state index >= 15 is 0 Å². The summed E-state index contributed by atoms with van der Waals surface area (Å²) in [5.74, 6) is -0.342. The molecule has 2 saturated heterocycles. The van der Waals surface area contributed by atoms with E-state index in [2.05, 4.69) is 11.4 Å². The maximum Gasteiger partial charge on any atom is 0.332 e. The average molecular weight is 632 g/mol. The van der Waals surface area contributed by atoms with Crippen LogP contribution in [0.2, 0.25) is 10.0 Å². The Hall–Kier alpha value is -4.31. The van der Waals surface area contributed by atoms with Crippen LogP contribution in [0.4, 0.5) is 10.5 Å². The largest absolute Gasteiger partial charge is 0.399 e. The second-order valence-corrected chi connectivity index (χ2v) is 11.9. The van der Waals surface area contributed by atoms with Gasteiger partial charge in [0.25, 0.3) is 0 Å². The molecule has 0 unspecified atom stereocenters. The minimum absolute atomic E-state index is 0.0328. The maximum atomic E-state index is 14.1. The number of nitrogen functional groups attached to an aromatic ring is 1. The van der Waals surface area contributed by atoms with Gasteiger partial charge < -0.3 is 20.9 Å². The van der Waals surface area contributed by atoms with Crippen molar-refractivity contribution in [2.75, 3.05) is 25.9 Å². The van der Waals surface area contributed by atoms with Gasteiger partial charge >= 0.3 is 6.03 Å². The summed E-state index contributed by atoms with van der Waals surface area (Å²) >= 11 is 12.2. The fraction of sp³-hybridized carbons (Fsp3) is 0.242. The molecule has 4 amide bonds. The van der Waals surface area contributed by atoms with E-state index in [0.29, 0.717) is 28.7 Å². The maximum absolute atomic E-state index is 14.1. The highest BCUT2D eigenvalue weighted by Crippen LogP contribution is 2.31. The number of fused-ring (bicyclic) bond motifs is 2. The molecule has 2 atom stereocenters. The number of carbonyl (C=O) groups excluding carboxylic acids is 3. The van der Waals surface area contributed by atoms with Gasteiger partial charge in [0.2, 0.25) is 11.8 Å². The Balaban J connectivity index is 1.27. The first-order valence-electron chi connectivity index (χ1n) is 14.3. The van der Waals surface area contributed by atoms with E-state index in [1.165, 1.54) is 5.01 Å². The van der Waals surface area contributed by atoms with E-state index in [1.54, 1.807) is 52.2 Å². The number of hydrazine groups is 1. The molecule has 3 N–H and O–H groups in total. The summed E-state index contributed by atoms with van der Waals surface area (Å²) in [5, 5.41) is 9.03. The molecule has 0 radical (unpaired) electrons. The third-order valence-corrected chi connectivity index (χ3v) is 9.06. The smallest absolute Gasteiger partial charge is 0.332 e. The molecule has 226 valence electrons. The van der Waals surface area contributed by atoms with Crippen molar-refractivity contribution in [1.82, 2.24) is 25.1 Å². The van der Waals surface area contributed by atoms with E-state index in [4.69, 9.17) is 28.9 Å². The molecule has 9 nitrogen and oxygen atoms in total. The molecule has 4 aromatic rings. The lowest BCUT2D eigenvalue weighted by Crippen LogP contribution is -2.65. The van der Waals surface area contributed by atoms with Crippen LogP contribution in [0, 0.1) is 0 Å². The number of halogens is 2. The minimum atomic E-state index is -0.738. The molecule has 11 heteroatoms. The topological polar surface area (TPSA) is 102 Å². The van der Waals surface area contributed by atoms with Crippen molar-refractivity contribution in [3.8, 4) is 0 Å². The van der Waals surface area contributed by atoms with Crippen LogP contribution in [0.1, 0.15) is 16.7 Å². The highest BCUT2D eigenvalue weighted by Gasteiger charge is 2.51. The first-order valence-corrected chi connectivity index (χ1v) is 15.1. The molecular formula is C33H32Cl2N6O3. The Bertz CT molecular complexity index is 1730. The fourth-order valence-corrected chi connectivity index (χ4v) is 6.34. The van der Waals surface area contributed by atoms with Gasteiger partial charge in [-0.15, -0.1) is 0 Å². The number of benzene rings is 4. The molecule has 6 rings (SSSR count). The van der Waals surface area contributed by atoms with Crippen LogP contribution in [0.15, 0.2) is 84.9 Å². The van der Waals surface area contributed by atoms with Crippen molar-refractivity contribution in [2.45, 2.75) is 31.7 Å². The number of nitrogens with zero attached hydrogens (tertiary/aromatic N) is 4. The summed E-state index contributed by atoms with van der Waals surface area (Å²) in [5.41, 5.74) is 9.21. The van der Waals surface area contributed by atoms with Crippen molar-refractivity contribution in [2.24, 2.45) is 0 Å². The highest BCUT2D eigenvalue weighted by atomic mass is 35.5. The highest BCUT2D eigenvalue weighted by molar-refractivity contribution is 6.42. The van der Waals surface area contributed by atoms with Crippen molar-refractivity contribution in [3.05, 3.63) is 112 Å². The summed E-state index contributed by atoms with van der Waals surface area (Å²) in [6, 6.07) is 25.5. The SMILES string of the molecule is CN(C(=O)NCc1ccc(Cl)c(Cl)c1)N1CC(=O)N2[C@@H](Cc3ccc(N)cc3)C(=O)N(Cc3cccc4ccccc34)C[C@@H]21. The number of nitrogens with two attached hydrogens (primary N) is 1. The third-order valence-electron chi connectivity index (χ3n) is 8.32. The number of rotatable bonds is 7. The average Bonchev–Trinajstić information content (AvgIpc) is 3.35. The van der Waals surface area contributed by atoms with Crippen LogP contribution in [0.3, 0.4) is 0 Å². The first-order chi connectivity index (χ1) is 21.2. The zero-order chi connectivity index (χ0) is 31.0. The Morgan fingerprint density at radius 1 is 0.955 bits per heavy atom. The predicted molar refractivity (Wildman–Crippen MR) is 172 cm³/mol. The lowest BCUT2D eigenvalue weighted by atomic mass is 9.99. The predicted octanol–water partition coefficient (Wildman–Crippen LogP) is 4.91. The summed E-state index contributed by atoms with van der Waals surface area (Å²) in [7, 11) is 1.63. The zero-order valence-electron chi connectivity index (χ0n) is 24.1. The molecule has 2 aliphatic heterocycles. The molecule has 0 spiro atoms. The summed E-state index contributed by atoms with van der Waals surface area (Å²) in [6.07, 6.45) is -0.205. The van der Waals surface area contributed by atoms with Gasteiger partial charge in [0, 0.05) is 32.2 Å². The Labute approximate surface area is 265 Å². The molecule has 0 aliphatic carbocycles. The van der Waals surface area contributed by atoms with Crippen molar-refractivity contribution in [1.29, 1.82) is 0 Å². The molecule has 0 bridgehead atoms. The first kappa shape index (κ1) is 29.7. The normalized spacial score (nSPS) is 18.5. The quantitative estimate of drug-likeness (QED) is 0.283. The van der Waals surface area contributed by atoms with E-state index in [0.717, 1.165) is 27.5 Å². The fourth-order valence-electron chi connectivity index (χ4n) is 6.02. The number of amides is 4. The lowest BCUT2D eigenvalue weighted by Gasteiger charge is -2.46. The van der Waals surface area contributed by atoms with Crippen LogP contribution in [-0.4, -0.2) is 70.0 Å². The molecule has 4 aromatic carbocycles. The molecule has 2 fully saturated rings. The molecule has 2 heterocycles. The summed E-state index contributed by atoms with van der Waals surface area (Å²) in [4.78, 5) is 44.4. The van der Waals surface area contributed by atoms with Gasteiger partial charge in [-0.2, -0.15) is 5.01 Å². The van der Waals surface area contributed by atoms with E-state index in [1.807, 2.05) is 48.5 Å². The van der Waals surface area contributed by atoms with Crippen LogP contribution >= 0.6 is 23.2 Å². The third kappa shape index (κ3) is 5.91. The summed E-state index contributed by atoms with van der Waals surface area (Å²) < 4.78 is 0.